The summed E-state index contributed by atoms with van der Waals surface area (Å²) in [6, 6.07) is 3.36. The van der Waals surface area contributed by atoms with E-state index >= 15 is 0 Å². The Morgan fingerprint density at radius 3 is 2.67 bits per heavy atom. The number of nitrogens with zero attached hydrogens (tertiary/aromatic N) is 2. The lowest BCUT2D eigenvalue weighted by molar-refractivity contribution is 0.211. The Morgan fingerprint density at radius 2 is 2.07 bits per heavy atom. The van der Waals surface area contributed by atoms with E-state index < -0.39 is 0 Å². The fourth-order valence-corrected chi connectivity index (χ4v) is 1.92. The van der Waals surface area contributed by atoms with E-state index in [0.29, 0.717) is 17.6 Å². The molecule has 0 aromatic carbocycles. The highest BCUT2D eigenvalue weighted by molar-refractivity contribution is 6.29. The molecule has 15 heavy (non-hydrogen) atoms. The predicted molar refractivity (Wildman–Crippen MR) is 57.9 cm³/mol. The van der Waals surface area contributed by atoms with E-state index in [4.69, 9.17) is 22.1 Å². The molecule has 5 heteroatoms. The molecule has 0 saturated heterocycles. The van der Waals surface area contributed by atoms with Crippen LogP contribution in [0.3, 0.4) is 0 Å². The van der Waals surface area contributed by atoms with Crippen molar-refractivity contribution >= 4 is 11.6 Å². The van der Waals surface area contributed by atoms with E-state index in [1.165, 1.54) is 12.8 Å². The van der Waals surface area contributed by atoms with Crippen LogP contribution < -0.4 is 10.5 Å². The zero-order valence-electron chi connectivity index (χ0n) is 8.45. The Bertz CT molecular complexity index is 322. The number of ether oxygens (including phenoxy) is 1. The maximum atomic E-state index is 6.14. The topological polar surface area (TPSA) is 61.0 Å². The number of aromatic nitrogens is 2. The first-order valence-corrected chi connectivity index (χ1v) is 5.47. The number of rotatable bonds is 3. The maximum absolute atomic E-state index is 6.14. The average Bonchev–Trinajstić information content (AvgIpc) is 2.65. The van der Waals surface area contributed by atoms with Crippen LogP contribution in [0.15, 0.2) is 12.1 Å². The second-order valence-electron chi connectivity index (χ2n) is 4.05. The number of halogens is 1. The molecule has 2 N–H and O–H groups in total. The van der Waals surface area contributed by atoms with Gasteiger partial charge in [0.05, 0.1) is 5.54 Å². The van der Waals surface area contributed by atoms with Gasteiger partial charge in [0.25, 0.3) is 0 Å². The van der Waals surface area contributed by atoms with Gasteiger partial charge in [-0.15, -0.1) is 10.2 Å². The van der Waals surface area contributed by atoms with Gasteiger partial charge in [-0.1, -0.05) is 24.4 Å². The summed E-state index contributed by atoms with van der Waals surface area (Å²) in [4.78, 5) is 0. The number of hydrogen-bond acceptors (Lipinski definition) is 4. The van der Waals surface area contributed by atoms with Crippen molar-refractivity contribution in [1.82, 2.24) is 10.2 Å². The molecule has 0 bridgehead atoms. The lowest BCUT2D eigenvalue weighted by atomic mass is 10.0. The van der Waals surface area contributed by atoms with Crippen molar-refractivity contribution in [3.05, 3.63) is 17.3 Å². The molecular weight excluding hydrogens is 214 g/mol. The van der Waals surface area contributed by atoms with Gasteiger partial charge in [-0.25, -0.2) is 0 Å². The molecule has 1 aromatic rings. The summed E-state index contributed by atoms with van der Waals surface area (Å²) in [5.41, 5.74) is 5.96. The molecule has 0 aliphatic heterocycles. The highest BCUT2D eigenvalue weighted by Gasteiger charge is 2.30. The summed E-state index contributed by atoms with van der Waals surface area (Å²) in [6.45, 7) is 0.503. The normalized spacial score (nSPS) is 19.1. The van der Waals surface area contributed by atoms with Crippen LogP contribution in [0.1, 0.15) is 25.7 Å². The molecule has 0 spiro atoms. The average molecular weight is 228 g/mol. The monoisotopic (exact) mass is 227 g/mol. The molecule has 1 saturated carbocycles. The molecule has 0 amide bonds. The maximum Gasteiger partial charge on any atom is 0.233 e. The molecule has 0 radical (unpaired) electrons. The Labute approximate surface area is 93.8 Å². The van der Waals surface area contributed by atoms with Crippen LogP contribution >= 0.6 is 11.6 Å². The Balaban J connectivity index is 1.90. The first-order chi connectivity index (χ1) is 7.18. The second kappa shape index (κ2) is 4.33. The standard InChI is InChI=1S/C10H14ClN3O/c11-8-3-4-9(14-13-8)15-7-10(12)5-1-2-6-10/h3-4H,1-2,5-7,12H2. The van der Waals surface area contributed by atoms with E-state index in [2.05, 4.69) is 10.2 Å². The van der Waals surface area contributed by atoms with Gasteiger partial charge in [-0.3, -0.25) is 0 Å². The molecule has 0 unspecified atom stereocenters. The van der Waals surface area contributed by atoms with Gasteiger partial charge in [-0.2, -0.15) is 0 Å². The first kappa shape index (κ1) is 10.6. The third kappa shape index (κ3) is 2.79. The molecule has 2 rings (SSSR count). The van der Waals surface area contributed by atoms with Gasteiger partial charge in [-0.05, 0) is 18.9 Å². The minimum atomic E-state index is -0.179. The Hall–Kier alpha value is -0.870. The zero-order valence-corrected chi connectivity index (χ0v) is 9.20. The van der Waals surface area contributed by atoms with Crippen LogP contribution in [0.5, 0.6) is 5.88 Å². The second-order valence-corrected chi connectivity index (χ2v) is 4.44. The molecule has 4 nitrogen and oxygen atoms in total. The van der Waals surface area contributed by atoms with Crippen LogP contribution in [-0.2, 0) is 0 Å². The summed E-state index contributed by atoms with van der Waals surface area (Å²) in [5, 5.41) is 7.87. The van der Waals surface area contributed by atoms with E-state index in [-0.39, 0.29) is 5.54 Å². The fourth-order valence-electron chi connectivity index (χ4n) is 1.82. The van der Waals surface area contributed by atoms with E-state index in [9.17, 15) is 0 Å². The van der Waals surface area contributed by atoms with Crippen LogP contribution in [-0.4, -0.2) is 22.3 Å². The zero-order chi connectivity index (χ0) is 10.7. The van der Waals surface area contributed by atoms with E-state index in [1.807, 2.05) is 0 Å². The van der Waals surface area contributed by atoms with E-state index in [0.717, 1.165) is 12.8 Å². The van der Waals surface area contributed by atoms with Crippen molar-refractivity contribution in [3.8, 4) is 5.88 Å². The van der Waals surface area contributed by atoms with Gasteiger partial charge in [0, 0.05) is 6.07 Å². The lowest BCUT2D eigenvalue weighted by Crippen LogP contribution is -2.42. The van der Waals surface area contributed by atoms with Gasteiger partial charge in [0.2, 0.25) is 5.88 Å². The summed E-state index contributed by atoms with van der Waals surface area (Å²) in [6.07, 6.45) is 4.42. The Kier molecular flexibility index (Phi) is 3.07. The molecular formula is C10H14ClN3O. The Morgan fingerprint density at radius 1 is 1.33 bits per heavy atom. The fraction of sp³-hybridized carbons (Fsp3) is 0.600. The number of hydrogen-bond donors (Lipinski definition) is 1. The summed E-state index contributed by atoms with van der Waals surface area (Å²) >= 11 is 5.61. The minimum Gasteiger partial charge on any atom is -0.475 e. The SMILES string of the molecule is NC1(COc2ccc(Cl)nn2)CCCC1. The third-order valence-corrected chi connectivity index (χ3v) is 2.92. The molecule has 1 fully saturated rings. The molecule has 0 atom stereocenters. The molecule has 1 aliphatic rings. The van der Waals surface area contributed by atoms with Gasteiger partial charge in [0.15, 0.2) is 5.15 Å². The lowest BCUT2D eigenvalue weighted by Gasteiger charge is -2.22. The van der Waals surface area contributed by atoms with Gasteiger partial charge >= 0.3 is 0 Å². The van der Waals surface area contributed by atoms with Crippen molar-refractivity contribution in [2.24, 2.45) is 5.73 Å². The third-order valence-electron chi connectivity index (χ3n) is 2.71. The first-order valence-electron chi connectivity index (χ1n) is 5.09. The summed E-state index contributed by atoms with van der Waals surface area (Å²) in [7, 11) is 0. The van der Waals surface area contributed by atoms with Crippen LogP contribution in [0, 0.1) is 0 Å². The van der Waals surface area contributed by atoms with Crippen molar-refractivity contribution < 1.29 is 4.74 Å². The smallest absolute Gasteiger partial charge is 0.233 e. The van der Waals surface area contributed by atoms with Crippen molar-refractivity contribution in [1.29, 1.82) is 0 Å². The van der Waals surface area contributed by atoms with Crippen LogP contribution in [0.25, 0.3) is 0 Å². The largest absolute Gasteiger partial charge is 0.475 e. The van der Waals surface area contributed by atoms with Crippen LogP contribution in [0.4, 0.5) is 0 Å². The molecule has 1 aliphatic carbocycles. The van der Waals surface area contributed by atoms with Crippen molar-refractivity contribution in [2.45, 2.75) is 31.2 Å². The predicted octanol–water partition coefficient (Wildman–Crippen LogP) is 1.78. The van der Waals surface area contributed by atoms with Gasteiger partial charge in [0.1, 0.15) is 6.61 Å². The van der Waals surface area contributed by atoms with Gasteiger partial charge < -0.3 is 10.5 Å². The van der Waals surface area contributed by atoms with E-state index in [1.54, 1.807) is 12.1 Å². The molecule has 82 valence electrons. The van der Waals surface area contributed by atoms with Crippen molar-refractivity contribution in [2.75, 3.05) is 6.61 Å². The highest BCUT2D eigenvalue weighted by atomic mass is 35.5. The quantitative estimate of drug-likeness (QED) is 0.855. The molecule has 1 aromatic heterocycles. The van der Waals surface area contributed by atoms with Crippen molar-refractivity contribution in [3.63, 3.8) is 0 Å². The summed E-state index contributed by atoms with van der Waals surface area (Å²) in [5.74, 6) is 0.483. The molecule has 1 heterocycles. The summed E-state index contributed by atoms with van der Waals surface area (Å²) < 4.78 is 5.49. The minimum absolute atomic E-state index is 0.179. The highest BCUT2D eigenvalue weighted by Crippen LogP contribution is 2.27. The number of nitrogens with two attached hydrogens (primary N) is 1. The van der Waals surface area contributed by atoms with Crippen LogP contribution in [0.2, 0.25) is 5.15 Å².